The molecule has 4 amide bonds. The van der Waals surface area contributed by atoms with Gasteiger partial charge in [0.15, 0.2) is 11.6 Å². The van der Waals surface area contributed by atoms with Crippen LogP contribution in [0.4, 0.5) is 18.4 Å². The standard InChI is InChI=1S/C20H23F2N3O7/c1-4-32-15(26)7-8-23-19(28)25-17(11-5-6-12(21)13(22)9-11)16(18(27)31-3)14(10-30-2)24-20(25)29/h5-6,9,17H,4,7-8,10H2,1-3H3,(H,23,28)(H,24,29)/t17-/m0/s1. The van der Waals surface area contributed by atoms with Crippen molar-refractivity contribution in [3.05, 3.63) is 46.7 Å². The summed E-state index contributed by atoms with van der Waals surface area (Å²) < 4.78 is 42.0. The maximum atomic E-state index is 14.0. The van der Waals surface area contributed by atoms with Crippen molar-refractivity contribution in [1.29, 1.82) is 0 Å². The molecule has 1 heterocycles. The van der Waals surface area contributed by atoms with Crippen LogP contribution in [-0.2, 0) is 23.8 Å². The number of benzene rings is 1. The normalized spacial score (nSPS) is 15.8. The van der Waals surface area contributed by atoms with Crippen LogP contribution in [0.25, 0.3) is 0 Å². The molecule has 1 aromatic rings. The second-order valence-electron chi connectivity index (χ2n) is 6.48. The van der Waals surface area contributed by atoms with Crippen LogP contribution < -0.4 is 10.6 Å². The molecule has 2 N–H and O–H groups in total. The molecule has 0 aliphatic carbocycles. The minimum absolute atomic E-state index is 0.00495. The SMILES string of the molecule is CCOC(=O)CCNC(=O)N1C(=O)NC(COC)=C(C(=O)OC)[C@@H]1c1ccc(F)c(F)c1. The number of carbonyl (C=O) groups is 4. The Morgan fingerprint density at radius 3 is 2.50 bits per heavy atom. The summed E-state index contributed by atoms with van der Waals surface area (Å²) in [5, 5.41) is 4.75. The topological polar surface area (TPSA) is 123 Å². The number of ether oxygens (including phenoxy) is 3. The summed E-state index contributed by atoms with van der Waals surface area (Å²) in [4.78, 5) is 50.3. The molecule has 0 unspecified atom stereocenters. The average molecular weight is 455 g/mol. The Morgan fingerprint density at radius 2 is 1.91 bits per heavy atom. The Morgan fingerprint density at radius 1 is 1.19 bits per heavy atom. The summed E-state index contributed by atoms with van der Waals surface area (Å²) in [6.07, 6.45) is -0.167. The number of esters is 2. The molecule has 174 valence electrons. The van der Waals surface area contributed by atoms with Gasteiger partial charge in [-0.2, -0.15) is 0 Å². The highest BCUT2D eigenvalue weighted by Crippen LogP contribution is 2.35. The van der Waals surface area contributed by atoms with Gasteiger partial charge in [0.25, 0.3) is 0 Å². The highest BCUT2D eigenvalue weighted by Gasteiger charge is 2.43. The van der Waals surface area contributed by atoms with Crippen LogP contribution in [0.15, 0.2) is 29.5 Å². The number of rotatable bonds is 8. The number of urea groups is 2. The van der Waals surface area contributed by atoms with Crippen LogP contribution in [0.1, 0.15) is 24.9 Å². The molecule has 0 saturated heterocycles. The van der Waals surface area contributed by atoms with Crippen LogP contribution in [0.5, 0.6) is 0 Å². The van der Waals surface area contributed by atoms with Gasteiger partial charge in [-0.15, -0.1) is 0 Å². The Kier molecular flexibility index (Phi) is 8.64. The van der Waals surface area contributed by atoms with E-state index in [-0.39, 0.29) is 43.0 Å². The predicted molar refractivity (Wildman–Crippen MR) is 105 cm³/mol. The predicted octanol–water partition coefficient (Wildman–Crippen LogP) is 1.77. The number of carbonyl (C=O) groups excluding carboxylic acids is 4. The highest BCUT2D eigenvalue weighted by molar-refractivity contribution is 6.01. The van der Waals surface area contributed by atoms with E-state index in [1.54, 1.807) is 6.92 Å². The van der Waals surface area contributed by atoms with E-state index in [0.717, 1.165) is 25.3 Å². The summed E-state index contributed by atoms with van der Waals surface area (Å²) in [5.74, 6) is -3.88. The molecule has 0 spiro atoms. The van der Waals surface area contributed by atoms with Crippen molar-refractivity contribution >= 4 is 24.0 Å². The van der Waals surface area contributed by atoms with Crippen LogP contribution >= 0.6 is 0 Å². The first-order valence-electron chi connectivity index (χ1n) is 9.54. The minimum atomic E-state index is -1.46. The third-order valence-corrected chi connectivity index (χ3v) is 4.42. The van der Waals surface area contributed by atoms with Crippen molar-refractivity contribution in [3.63, 3.8) is 0 Å². The molecule has 0 bridgehead atoms. The quantitative estimate of drug-likeness (QED) is 0.573. The van der Waals surface area contributed by atoms with E-state index in [2.05, 4.69) is 10.6 Å². The monoisotopic (exact) mass is 455 g/mol. The minimum Gasteiger partial charge on any atom is -0.466 e. The van der Waals surface area contributed by atoms with Crippen molar-refractivity contribution in [1.82, 2.24) is 15.5 Å². The third kappa shape index (κ3) is 5.58. The van der Waals surface area contributed by atoms with Crippen LogP contribution in [0.2, 0.25) is 0 Å². The second kappa shape index (κ2) is 11.2. The number of hydrogen-bond donors (Lipinski definition) is 2. The van der Waals surface area contributed by atoms with E-state index in [4.69, 9.17) is 14.2 Å². The van der Waals surface area contributed by atoms with Gasteiger partial charge in [0.2, 0.25) is 0 Å². The molecule has 0 aromatic heterocycles. The summed E-state index contributed by atoms with van der Waals surface area (Å²) >= 11 is 0. The smallest absolute Gasteiger partial charge is 0.338 e. The van der Waals surface area contributed by atoms with Gasteiger partial charge in [0.05, 0.1) is 38.0 Å². The summed E-state index contributed by atoms with van der Waals surface area (Å²) in [5.41, 5.74) is -0.275. The van der Waals surface area contributed by atoms with Crippen molar-refractivity contribution in [3.8, 4) is 0 Å². The first-order valence-corrected chi connectivity index (χ1v) is 9.54. The van der Waals surface area contributed by atoms with E-state index in [1.165, 1.54) is 7.11 Å². The number of nitrogens with zero attached hydrogens (tertiary/aromatic N) is 1. The molecule has 1 aliphatic rings. The lowest BCUT2D eigenvalue weighted by atomic mass is 9.93. The highest BCUT2D eigenvalue weighted by atomic mass is 19.2. The molecule has 12 heteroatoms. The number of halogens is 2. The van der Waals surface area contributed by atoms with Gasteiger partial charge in [-0.3, -0.25) is 4.79 Å². The lowest BCUT2D eigenvalue weighted by Crippen LogP contribution is -2.55. The molecule has 10 nitrogen and oxygen atoms in total. The number of methoxy groups -OCH3 is 2. The average Bonchev–Trinajstić information content (AvgIpc) is 2.75. The van der Waals surface area contributed by atoms with Gasteiger partial charge in [-0.05, 0) is 24.6 Å². The van der Waals surface area contributed by atoms with Crippen LogP contribution in [-0.4, -0.2) is 62.9 Å². The lowest BCUT2D eigenvalue weighted by Gasteiger charge is -2.36. The third-order valence-electron chi connectivity index (χ3n) is 4.42. The fraction of sp³-hybridized carbons (Fsp3) is 0.400. The van der Waals surface area contributed by atoms with Crippen molar-refractivity contribution in [2.75, 3.05) is 34.0 Å². The van der Waals surface area contributed by atoms with Gasteiger partial charge >= 0.3 is 24.0 Å². The first kappa shape index (κ1) is 24.7. The first-order chi connectivity index (χ1) is 15.2. The molecule has 1 atom stereocenters. The molecule has 1 aromatic carbocycles. The van der Waals surface area contributed by atoms with Gasteiger partial charge < -0.3 is 24.8 Å². The van der Waals surface area contributed by atoms with Crippen LogP contribution in [0.3, 0.4) is 0 Å². The van der Waals surface area contributed by atoms with E-state index >= 15 is 0 Å². The Balaban J connectivity index is 2.49. The van der Waals surface area contributed by atoms with E-state index < -0.39 is 41.7 Å². The molecule has 32 heavy (non-hydrogen) atoms. The maximum Gasteiger partial charge on any atom is 0.338 e. The molecular weight excluding hydrogens is 432 g/mol. The van der Waals surface area contributed by atoms with Gasteiger partial charge in [-0.1, -0.05) is 6.07 Å². The van der Waals surface area contributed by atoms with Gasteiger partial charge in [0, 0.05) is 13.7 Å². The lowest BCUT2D eigenvalue weighted by molar-refractivity contribution is -0.143. The van der Waals surface area contributed by atoms with Crippen molar-refractivity contribution in [2.24, 2.45) is 0 Å². The molecule has 2 rings (SSSR count). The molecular formula is C20H23F2N3O7. The fourth-order valence-corrected chi connectivity index (χ4v) is 3.07. The molecule has 0 fully saturated rings. The summed E-state index contributed by atoms with van der Waals surface area (Å²) in [6, 6.07) is -0.691. The zero-order valence-electron chi connectivity index (χ0n) is 17.7. The van der Waals surface area contributed by atoms with E-state index in [9.17, 15) is 28.0 Å². The number of nitrogens with one attached hydrogen (secondary N) is 2. The zero-order chi connectivity index (χ0) is 23.8. The molecule has 0 radical (unpaired) electrons. The van der Waals surface area contributed by atoms with E-state index in [1.807, 2.05) is 0 Å². The Hall–Kier alpha value is -3.54. The van der Waals surface area contributed by atoms with Crippen molar-refractivity contribution in [2.45, 2.75) is 19.4 Å². The fourth-order valence-electron chi connectivity index (χ4n) is 3.07. The van der Waals surface area contributed by atoms with Crippen molar-refractivity contribution < 1.29 is 42.2 Å². The number of hydrogen-bond acceptors (Lipinski definition) is 7. The molecule has 1 aliphatic heterocycles. The van der Waals surface area contributed by atoms with Gasteiger partial charge in [0.1, 0.15) is 6.04 Å². The van der Waals surface area contributed by atoms with E-state index in [0.29, 0.717) is 4.90 Å². The summed E-state index contributed by atoms with van der Waals surface area (Å²) in [7, 11) is 2.40. The Labute approximate surface area is 182 Å². The maximum absolute atomic E-state index is 14.0. The summed E-state index contributed by atoms with van der Waals surface area (Å²) in [6.45, 7) is 1.39. The molecule has 0 saturated carbocycles. The van der Waals surface area contributed by atoms with Gasteiger partial charge in [-0.25, -0.2) is 28.1 Å². The number of amides is 4. The van der Waals surface area contributed by atoms with Crippen LogP contribution in [0, 0.1) is 11.6 Å². The zero-order valence-corrected chi connectivity index (χ0v) is 17.7. The largest absolute Gasteiger partial charge is 0.466 e. The number of imide groups is 1. The Bertz CT molecular complexity index is 936. The second-order valence-corrected chi connectivity index (χ2v) is 6.48.